The number of furan rings is 1. The quantitative estimate of drug-likeness (QED) is 0.334. The minimum Gasteiger partial charge on any atom is -0.508 e. The molecule has 26 heavy (non-hydrogen) atoms. The first-order chi connectivity index (χ1) is 12.3. The molecule has 0 amide bonds. The molecule has 0 fully saturated rings. The zero-order chi connectivity index (χ0) is 18.5. The van der Waals surface area contributed by atoms with Crippen LogP contribution in [0.1, 0.15) is 5.76 Å². The summed E-state index contributed by atoms with van der Waals surface area (Å²) in [6, 6.07) is 11.5. The Morgan fingerprint density at radius 2 is 1.69 bits per heavy atom. The summed E-state index contributed by atoms with van der Waals surface area (Å²) < 4.78 is 39.8. The minimum atomic E-state index is -4.14. The molecular formula is C18H12O7S. The molecule has 2 aromatic heterocycles. The Balaban J connectivity index is 1.82. The van der Waals surface area contributed by atoms with Crippen LogP contribution in [0.15, 0.2) is 67.3 Å². The molecule has 0 aliphatic rings. The van der Waals surface area contributed by atoms with Crippen molar-refractivity contribution in [3.8, 4) is 11.5 Å². The third kappa shape index (κ3) is 2.70. The standard InChI is InChI=1S/C18H12O7S/c1-10-2-7-17(23-10)26(21,22)25-12-4-6-14-13-5-3-11(19)8-15(13)18(20)24-16(14)9-12/h2-9,19H,1H3. The summed E-state index contributed by atoms with van der Waals surface area (Å²) in [6.45, 7) is 1.62. The average molecular weight is 372 g/mol. The van der Waals surface area contributed by atoms with Crippen molar-refractivity contribution < 1.29 is 26.5 Å². The van der Waals surface area contributed by atoms with E-state index in [1.165, 1.54) is 36.4 Å². The number of phenols is 1. The monoisotopic (exact) mass is 372 g/mol. The number of phenolic OH excluding ortho intramolecular Hbond substituents is 1. The maximum atomic E-state index is 12.2. The topological polar surface area (TPSA) is 107 Å². The van der Waals surface area contributed by atoms with Gasteiger partial charge in [0.1, 0.15) is 22.8 Å². The third-order valence-corrected chi connectivity index (χ3v) is 4.96. The van der Waals surface area contributed by atoms with Gasteiger partial charge in [0.25, 0.3) is 5.09 Å². The Labute approximate surface area is 147 Å². The lowest BCUT2D eigenvalue weighted by molar-refractivity contribution is 0.397. The van der Waals surface area contributed by atoms with Gasteiger partial charge in [-0.15, -0.1) is 0 Å². The van der Waals surface area contributed by atoms with Gasteiger partial charge < -0.3 is 18.1 Å². The van der Waals surface area contributed by atoms with Crippen molar-refractivity contribution in [3.05, 3.63) is 64.7 Å². The summed E-state index contributed by atoms with van der Waals surface area (Å²) in [6.07, 6.45) is 0. The predicted molar refractivity (Wildman–Crippen MR) is 92.9 cm³/mol. The maximum absolute atomic E-state index is 12.2. The van der Waals surface area contributed by atoms with Crippen molar-refractivity contribution in [1.82, 2.24) is 0 Å². The molecule has 4 rings (SSSR count). The first-order valence-electron chi connectivity index (χ1n) is 7.54. The number of hydrogen-bond acceptors (Lipinski definition) is 7. The lowest BCUT2D eigenvalue weighted by atomic mass is 10.1. The van der Waals surface area contributed by atoms with Gasteiger partial charge in [-0.2, -0.15) is 8.42 Å². The second-order valence-corrected chi connectivity index (χ2v) is 7.16. The number of aromatic hydroxyl groups is 1. The van der Waals surface area contributed by atoms with Gasteiger partial charge in [-0.25, -0.2) is 4.79 Å². The average Bonchev–Trinajstić information content (AvgIpc) is 3.02. The summed E-state index contributed by atoms with van der Waals surface area (Å²) in [5, 5.41) is 10.6. The van der Waals surface area contributed by atoms with Crippen molar-refractivity contribution in [1.29, 1.82) is 0 Å². The number of rotatable bonds is 3. The molecule has 132 valence electrons. The van der Waals surface area contributed by atoms with E-state index in [0.29, 0.717) is 16.5 Å². The van der Waals surface area contributed by atoms with E-state index in [9.17, 15) is 18.3 Å². The smallest absolute Gasteiger partial charge is 0.373 e. The first kappa shape index (κ1) is 16.2. The van der Waals surface area contributed by atoms with Crippen LogP contribution in [0.4, 0.5) is 0 Å². The Bertz CT molecular complexity index is 1310. The molecule has 0 unspecified atom stereocenters. The molecule has 0 aliphatic carbocycles. The molecule has 0 radical (unpaired) electrons. The first-order valence-corrected chi connectivity index (χ1v) is 8.95. The SMILES string of the molecule is Cc1ccc(S(=O)(=O)Oc2ccc3c(c2)oc(=O)c2cc(O)ccc23)o1. The van der Waals surface area contributed by atoms with Crippen LogP contribution in [-0.2, 0) is 10.1 Å². The zero-order valence-electron chi connectivity index (χ0n) is 13.4. The number of aryl methyl sites for hydroxylation is 1. The summed E-state index contributed by atoms with van der Waals surface area (Å²) in [5.74, 6) is 0.364. The van der Waals surface area contributed by atoms with Crippen molar-refractivity contribution in [3.63, 3.8) is 0 Å². The van der Waals surface area contributed by atoms with E-state index in [1.54, 1.807) is 19.1 Å². The van der Waals surface area contributed by atoms with Crippen molar-refractivity contribution in [2.45, 2.75) is 12.0 Å². The molecule has 0 saturated carbocycles. The maximum Gasteiger partial charge on any atom is 0.373 e. The van der Waals surface area contributed by atoms with Crippen LogP contribution < -0.4 is 9.81 Å². The van der Waals surface area contributed by atoms with E-state index in [4.69, 9.17) is 13.0 Å². The Morgan fingerprint density at radius 1 is 0.923 bits per heavy atom. The summed E-state index contributed by atoms with van der Waals surface area (Å²) in [4.78, 5) is 12.1. The molecule has 0 atom stereocenters. The number of benzene rings is 2. The summed E-state index contributed by atoms with van der Waals surface area (Å²) in [7, 11) is -4.14. The Kier molecular flexibility index (Phi) is 3.52. The molecule has 1 N–H and O–H groups in total. The third-order valence-electron chi connectivity index (χ3n) is 3.84. The van der Waals surface area contributed by atoms with E-state index < -0.39 is 15.7 Å². The van der Waals surface area contributed by atoms with Crippen LogP contribution in [0.2, 0.25) is 0 Å². The fourth-order valence-corrected chi connectivity index (χ4v) is 3.57. The Hall–Kier alpha value is -3.26. The highest BCUT2D eigenvalue weighted by Gasteiger charge is 2.21. The molecule has 7 nitrogen and oxygen atoms in total. The van der Waals surface area contributed by atoms with Crippen molar-refractivity contribution in [2.75, 3.05) is 0 Å². The summed E-state index contributed by atoms with van der Waals surface area (Å²) in [5.41, 5.74) is -0.485. The van der Waals surface area contributed by atoms with Crippen LogP contribution in [0, 0.1) is 6.92 Å². The lowest BCUT2D eigenvalue weighted by Crippen LogP contribution is -2.08. The summed E-state index contributed by atoms with van der Waals surface area (Å²) >= 11 is 0. The molecule has 0 saturated heterocycles. The van der Waals surface area contributed by atoms with Crippen LogP contribution in [0.25, 0.3) is 21.7 Å². The van der Waals surface area contributed by atoms with Crippen LogP contribution >= 0.6 is 0 Å². The molecule has 2 heterocycles. The van der Waals surface area contributed by atoms with Gasteiger partial charge in [-0.05, 0) is 49.4 Å². The van der Waals surface area contributed by atoms with Gasteiger partial charge in [-0.3, -0.25) is 0 Å². The van der Waals surface area contributed by atoms with Gasteiger partial charge >= 0.3 is 15.7 Å². The van der Waals surface area contributed by atoms with Gasteiger partial charge in [0.05, 0.1) is 5.39 Å². The van der Waals surface area contributed by atoms with E-state index in [0.717, 1.165) is 0 Å². The van der Waals surface area contributed by atoms with Crippen LogP contribution in [-0.4, -0.2) is 13.5 Å². The molecule has 0 bridgehead atoms. The fraction of sp³-hybridized carbons (Fsp3) is 0.0556. The Morgan fingerprint density at radius 3 is 2.42 bits per heavy atom. The lowest BCUT2D eigenvalue weighted by Gasteiger charge is -2.07. The van der Waals surface area contributed by atoms with Crippen LogP contribution in [0.3, 0.4) is 0 Å². The van der Waals surface area contributed by atoms with E-state index in [1.807, 2.05) is 0 Å². The van der Waals surface area contributed by atoms with Gasteiger partial charge in [0.15, 0.2) is 0 Å². The zero-order valence-corrected chi connectivity index (χ0v) is 14.2. The van der Waals surface area contributed by atoms with E-state index >= 15 is 0 Å². The molecule has 0 spiro atoms. The second-order valence-electron chi connectivity index (χ2n) is 5.68. The van der Waals surface area contributed by atoms with E-state index in [-0.39, 0.29) is 27.6 Å². The van der Waals surface area contributed by atoms with E-state index in [2.05, 4.69) is 0 Å². The normalized spacial score (nSPS) is 11.9. The molecule has 0 aliphatic heterocycles. The second kappa shape index (κ2) is 5.63. The minimum absolute atomic E-state index is 0.0205. The fourth-order valence-electron chi connectivity index (χ4n) is 2.67. The van der Waals surface area contributed by atoms with Crippen molar-refractivity contribution >= 4 is 31.9 Å². The highest BCUT2D eigenvalue weighted by Crippen LogP contribution is 2.29. The highest BCUT2D eigenvalue weighted by molar-refractivity contribution is 7.87. The number of hydrogen-bond donors (Lipinski definition) is 1. The molecular weight excluding hydrogens is 360 g/mol. The van der Waals surface area contributed by atoms with Crippen LogP contribution in [0.5, 0.6) is 11.5 Å². The van der Waals surface area contributed by atoms with Gasteiger partial charge in [-0.1, -0.05) is 0 Å². The van der Waals surface area contributed by atoms with Crippen molar-refractivity contribution in [2.24, 2.45) is 0 Å². The molecule has 2 aromatic carbocycles. The van der Waals surface area contributed by atoms with Gasteiger partial charge in [0, 0.05) is 16.8 Å². The molecule has 4 aromatic rings. The number of fused-ring (bicyclic) bond motifs is 3. The van der Waals surface area contributed by atoms with Gasteiger partial charge in [0.2, 0.25) is 0 Å². The predicted octanol–water partition coefficient (Wildman–Crippen LogP) is 3.32. The largest absolute Gasteiger partial charge is 0.508 e. The highest BCUT2D eigenvalue weighted by atomic mass is 32.2. The molecule has 8 heteroatoms.